The van der Waals surface area contributed by atoms with Crippen LogP contribution in [0.4, 0.5) is 0 Å². The van der Waals surface area contributed by atoms with E-state index in [0.29, 0.717) is 17.8 Å². The van der Waals surface area contributed by atoms with Gasteiger partial charge in [-0.1, -0.05) is 6.92 Å². The molecular weight excluding hydrogens is 234 g/mol. The van der Waals surface area contributed by atoms with Gasteiger partial charge < -0.3 is 15.4 Å². The molecule has 0 bridgehead atoms. The third-order valence-electron chi connectivity index (χ3n) is 2.87. The average Bonchev–Trinajstić information content (AvgIpc) is 2.30. The molecule has 0 aliphatic heterocycles. The molecule has 1 heterocycles. The van der Waals surface area contributed by atoms with Gasteiger partial charge in [-0.15, -0.1) is 0 Å². The molecule has 0 saturated heterocycles. The van der Waals surface area contributed by atoms with Crippen molar-refractivity contribution in [2.24, 2.45) is 0 Å². The number of aromatic amines is 1. The molecule has 1 aromatic heterocycles. The Morgan fingerprint density at radius 1 is 1.50 bits per heavy atom. The summed E-state index contributed by atoms with van der Waals surface area (Å²) in [6.45, 7) is 5.25. The second-order valence-corrected chi connectivity index (χ2v) is 4.26. The maximum Gasteiger partial charge on any atom is 0.345 e. The summed E-state index contributed by atoms with van der Waals surface area (Å²) < 4.78 is 0. The van der Waals surface area contributed by atoms with Crippen molar-refractivity contribution in [1.82, 2.24) is 15.3 Å². The van der Waals surface area contributed by atoms with Crippen LogP contribution >= 0.6 is 0 Å². The van der Waals surface area contributed by atoms with Crippen molar-refractivity contribution in [2.75, 3.05) is 6.61 Å². The number of hydrogen-bond donors (Lipinski definition) is 3. The number of aryl methyl sites for hydroxylation is 2. The number of aliphatic hydroxyl groups is 1. The molecule has 0 unspecified atom stereocenters. The Bertz CT molecular complexity index is 452. The van der Waals surface area contributed by atoms with Crippen LogP contribution in [-0.2, 0) is 11.2 Å². The van der Waals surface area contributed by atoms with Crippen LogP contribution in [0.2, 0.25) is 0 Å². The summed E-state index contributed by atoms with van der Waals surface area (Å²) in [6, 6.07) is -0.228. The van der Waals surface area contributed by atoms with Crippen LogP contribution in [0.25, 0.3) is 0 Å². The number of hydrogen-bond acceptors (Lipinski definition) is 4. The summed E-state index contributed by atoms with van der Waals surface area (Å²) in [5.41, 5.74) is 1.53. The van der Waals surface area contributed by atoms with Crippen LogP contribution in [0.3, 0.4) is 0 Å². The highest BCUT2D eigenvalue weighted by atomic mass is 16.3. The zero-order chi connectivity index (χ0) is 13.7. The Morgan fingerprint density at radius 2 is 2.17 bits per heavy atom. The van der Waals surface area contributed by atoms with E-state index in [-0.39, 0.29) is 25.0 Å². The van der Waals surface area contributed by atoms with Gasteiger partial charge in [0.15, 0.2) is 0 Å². The average molecular weight is 253 g/mol. The SMILES string of the molecule is CC[C@H](CO)NC(=O)Cc1c(C)nc(=O)[nH]c1C. The first-order valence-electron chi connectivity index (χ1n) is 5.94. The molecule has 1 rings (SSSR count). The fourth-order valence-electron chi connectivity index (χ4n) is 1.73. The first-order valence-corrected chi connectivity index (χ1v) is 5.94. The molecule has 0 fully saturated rings. The van der Waals surface area contributed by atoms with Crippen LogP contribution in [0.1, 0.15) is 30.3 Å². The largest absolute Gasteiger partial charge is 0.394 e. The highest BCUT2D eigenvalue weighted by molar-refractivity contribution is 5.79. The first kappa shape index (κ1) is 14.4. The minimum absolute atomic E-state index is 0.0793. The molecule has 100 valence electrons. The van der Waals surface area contributed by atoms with Crippen LogP contribution in [0.15, 0.2) is 4.79 Å². The minimum Gasteiger partial charge on any atom is -0.394 e. The second-order valence-electron chi connectivity index (χ2n) is 4.26. The van der Waals surface area contributed by atoms with Crippen molar-refractivity contribution in [2.45, 2.75) is 39.7 Å². The van der Waals surface area contributed by atoms with Crippen molar-refractivity contribution in [1.29, 1.82) is 0 Å². The number of aromatic nitrogens is 2. The number of nitrogens with zero attached hydrogens (tertiary/aromatic N) is 1. The van der Waals surface area contributed by atoms with E-state index in [2.05, 4.69) is 15.3 Å². The smallest absolute Gasteiger partial charge is 0.345 e. The molecule has 0 aromatic carbocycles. The predicted molar refractivity (Wildman–Crippen MR) is 67.3 cm³/mol. The molecule has 1 atom stereocenters. The van der Waals surface area contributed by atoms with Gasteiger partial charge in [0.2, 0.25) is 5.91 Å². The lowest BCUT2D eigenvalue weighted by molar-refractivity contribution is -0.121. The Hall–Kier alpha value is -1.69. The van der Waals surface area contributed by atoms with Gasteiger partial charge in [0, 0.05) is 17.0 Å². The van der Waals surface area contributed by atoms with Crippen LogP contribution in [-0.4, -0.2) is 33.6 Å². The molecule has 6 heteroatoms. The first-order chi connectivity index (χ1) is 8.47. The summed E-state index contributed by atoms with van der Waals surface area (Å²) in [7, 11) is 0. The van der Waals surface area contributed by atoms with E-state index in [4.69, 9.17) is 5.11 Å². The maximum absolute atomic E-state index is 11.8. The standard InChI is InChI=1S/C12H19N3O3/c1-4-9(6-16)15-11(17)5-10-7(2)13-12(18)14-8(10)3/h9,16H,4-6H2,1-3H3,(H,15,17)(H,13,14,18)/t9-/m1/s1. The number of rotatable bonds is 5. The van der Waals surface area contributed by atoms with E-state index < -0.39 is 5.69 Å². The van der Waals surface area contributed by atoms with E-state index in [1.807, 2.05) is 6.92 Å². The maximum atomic E-state index is 11.8. The Balaban J connectivity index is 2.79. The molecule has 0 saturated carbocycles. The number of carbonyl (C=O) groups excluding carboxylic acids is 1. The second kappa shape index (κ2) is 6.30. The third-order valence-corrected chi connectivity index (χ3v) is 2.87. The van der Waals surface area contributed by atoms with Gasteiger partial charge in [-0.2, -0.15) is 4.98 Å². The van der Waals surface area contributed by atoms with Crippen molar-refractivity contribution < 1.29 is 9.90 Å². The van der Waals surface area contributed by atoms with Crippen molar-refractivity contribution in [3.8, 4) is 0 Å². The normalized spacial score (nSPS) is 12.2. The number of aliphatic hydroxyl groups excluding tert-OH is 1. The molecule has 1 amide bonds. The minimum atomic E-state index is -0.407. The lowest BCUT2D eigenvalue weighted by atomic mass is 10.1. The van der Waals surface area contributed by atoms with Gasteiger partial charge in [-0.25, -0.2) is 4.79 Å². The topological polar surface area (TPSA) is 95.1 Å². The van der Waals surface area contributed by atoms with Gasteiger partial charge in [0.1, 0.15) is 0 Å². The molecule has 0 spiro atoms. The van der Waals surface area contributed by atoms with E-state index in [9.17, 15) is 9.59 Å². The summed E-state index contributed by atoms with van der Waals surface area (Å²) in [5.74, 6) is -0.184. The van der Waals surface area contributed by atoms with E-state index in [1.165, 1.54) is 0 Å². The van der Waals surface area contributed by atoms with Gasteiger partial charge in [0.25, 0.3) is 0 Å². The van der Waals surface area contributed by atoms with Crippen molar-refractivity contribution in [3.05, 3.63) is 27.4 Å². The van der Waals surface area contributed by atoms with Gasteiger partial charge in [-0.05, 0) is 20.3 Å². The molecule has 6 nitrogen and oxygen atoms in total. The fraction of sp³-hybridized carbons (Fsp3) is 0.583. The molecule has 3 N–H and O–H groups in total. The summed E-state index contributed by atoms with van der Waals surface area (Å²) in [4.78, 5) is 29.2. The zero-order valence-corrected chi connectivity index (χ0v) is 10.9. The quantitative estimate of drug-likeness (QED) is 0.678. The summed E-state index contributed by atoms with van der Waals surface area (Å²) >= 11 is 0. The summed E-state index contributed by atoms with van der Waals surface area (Å²) in [6.07, 6.45) is 0.821. The van der Waals surface area contributed by atoms with Gasteiger partial charge in [0.05, 0.1) is 19.1 Å². The molecule has 0 aliphatic carbocycles. The van der Waals surface area contributed by atoms with Gasteiger partial charge in [-0.3, -0.25) is 4.79 Å². The van der Waals surface area contributed by atoms with Crippen molar-refractivity contribution in [3.63, 3.8) is 0 Å². The lowest BCUT2D eigenvalue weighted by Crippen LogP contribution is -2.38. The molecular formula is C12H19N3O3. The third kappa shape index (κ3) is 3.66. The van der Waals surface area contributed by atoms with E-state index in [0.717, 1.165) is 5.56 Å². The molecule has 18 heavy (non-hydrogen) atoms. The monoisotopic (exact) mass is 253 g/mol. The highest BCUT2D eigenvalue weighted by Crippen LogP contribution is 2.07. The summed E-state index contributed by atoms with van der Waals surface area (Å²) in [5, 5.41) is 11.7. The lowest BCUT2D eigenvalue weighted by Gasteiger charge is -2.15. The molecule has 1 aromatic rings. The van der Waals surface area contributed by atoms with Crippen LogP contribution in [0.5, 0.6) is 0 Å². The molecule has 0 aliphatic rings. The van der Waals surface area contributed by atoms with Crippen LogP contribution in [0, 0.1) is 13.8 Å². The van der Waals surface area contributed by atoms with E-state index >= 15 is 0 Å². The van der Waals surface area contributed by atoms with E-state index in [1.54, 1.807) is 13.8 Å². The number of H-pyrrole nitrogens is 1. The highest BCUT2D eigenvalue weighted by Gasteiger charge is 2.13. The molecule has 0 radical (unpaired) electrons. The Labute approximate surface area is 105 Å². The number of carbonyl (C=O) groups is 1. The predicted octanol–water partition coefficient (Wildman–Crippen LogP) is -0.184. The number of nitrogens with one attached hydrogen (secondary N) is 2. The zero-order valence-electron chi connectivity index (χ0n) is 10.9. The van der Waals surface area contributed by atoms with Gasteiger partial charge >= 0.3 is 5.69 Å². The van der Waals surface area contributed by atoms with Crippen LogP contribution < -0.4 is 11.0 Å². The van der Waals surface area contributed by atoms with Crippen molar-refractivity contribution >= 4 is 5.91 Å². The Kier molecular flexibility index (Phi) is 5.03. The Morgan fingerprint density at radius 3 is 2.67 bits per heavy atom. The number of amides is 1. The fourth-order valence-corrected chi connectivity index (χ4v) is 1.73.